The van der Waals surface area contributed by atoms with E-state index in [0.29, 0.717) is 13.2 Å². The number of benzene rings is 1. The van der Waals surface area contributed by atoms with Crippen molar-refractivity contribution in [3.05, 3.63) is 52.9 Å². The molecule has 2 N–H and O–H groups in total. The van der Waals surface area contributed by atoms with E-state index in [9.17, 15) is 13.2 Å². The molecule has 2 saturated heterocycles. The van der Waals surface area contributed by atoms with Crippen molar-refractivity contribution in [3.8, 4) is 0 Å². The molecule has 0 radical (unpaired) electrons. The topological polar surface area (TPSA) is 101 Å². The first kappa shape index (κ1) is 24.2. The Morgan fingerprint density at radius 1 is 1.18 bits per heavy atom. The van der Waals surface area contributed by atoms with Gasteiger partial charge in [-0.25, -0.2) is 13.1 Å². The van der Waals surface area contributed by atoms with Gasteiger partial charge in [0, 0.05) is 25.3 Å². The average molecular weight is 496 g/mol. The van der Waals surface area contributed by atoms with Crippen molar-refractivity contribution in [2.24, 2.45) is 0 Å². The van der Waals surface area contributed by atoms with E-state index in [0.717, 1.165) is 44.5 Å². The highest BCUT2D eigenvalue weighted by atomic mass is 35.5. The lowest BCUT2D eigenvalue weighted by molar-refractivity contribution is 0.0914. The van der Waals surface area contributed by atoms with Crippen LogP contribution in [0.15, 0.2) is 45.9 Å². The summed E-state index contributed by atoms with van der Waals surface area (Å²) >= 11 is 6.18. The van der Waals surface area contributed by atoms with E-state index in [4.69, 9.17) is 20.8 Å². The zero-order chi connectivity index (χ0) is 23.3. The number of sulfonamides is 1. The Kier molecular flexibility index (Phi) is 8.08. The highest BCUT2D eigenvalue weighted by Gasteiger charge is 2.26. The Balaban J connectivity index is 1.44. The van der Waals surface area contributed by atoms with E-state index >= 15 is 0 Å². The third-order valence-corrected chi connectivity index (χ3v) is 8.07. The molecular weight excluding hydrogens is 466 g/mol. The van der Waals surface area contributed by atoms with Gasteiger partial charge in [0.15, 0.2) is 0 Å². The number of rotatable bonds is 9. The minimum atomic E-state index is -3.88. The van der Waals surface area contributed by atoms with Gasteiger partial charge in [0.2, 0.25) is 10.0 Å². The number of piperidine rings is 1. The highest BCUT2D eigenvalue weighted by molar-refractivity contribution is 7.89. The van der Waals surface area contributed by atoms with Crippen molar-refractivity contribution in [1.82, 2.24) is 14.9 Å². The van der Waals surface area contributed by atoms with Crippen molar-refractivity contribution in [1.29, 1.82) is 0 Å². The number of ether oxygens (including phenoxy) is 1. The number of nitrogens with zero attached hydrogens (tertiary/aromatic N) is 1. The summed E-state index contributed by atoms with van der Waals surface area (Å²) in [6.07, 6.45) is 6.65. The van der Waals surface area contributed by atoms with Crippen molar-refractivity contribution in [3.63, 3.8) is 0 Å². The standard InChI is InChI=1S/C23H30ClN3O5S/c24-19-9-8-17(14-22(19)33(29,30)26-15-18-6-4-12-31-18)23(28)25-16-20(21-7-5-13-32-21)27-10-2-1-3-11-27/h5,7-9,13-14,18,20,26H,1-4,6,10-12,15-16H2,(H,25,28). The molecule has 1 amide bonds. The molecule has 180 valence electrons. The van der Waals surface area contributed by atoms with Crippen LogP contribution in [-0.2, 0) is 14.8 Å². The third-order valence-electron chi connectivity index (χ3n) is 6.17. The molecule has 10 heteroatoms. The number of halogens is 1. The third kappa shape index (κ3) is 6.16. The number of amides is 1. The molecule has 3 heterocycles. The molecule has 4 rings (SSSR count). The summed E-state index contributed by atoms with van der Waals surface area (Å²) in [4.78, 5) is 15.1. The summed E-state index contributed by atoms with van der Waals surface area (Å²) in [5.74, 6) is 0.436. The number of carbonyl (C=O) groups excluding carboxylic acids is 1. The van der Waals surface area contributed by atoms with Crippen LogP contribution in [0.2, 0.25) is 5.02 Å². The van der Waals surface area contributed by atoms with Gasteiger partial charge in [-0.2, -0.15) is 0 Å². The van der Waals surface area contributed by atoms with Crippen molar-refractivity contribution >= 4 is 27.5 Å². The minimum absolute atomic E-state index is 0.0631. The van der Waals surface area contributed by atoms with Gasteiger partial charge < -0.3 is 14.5 Å². The van der Waals surface area contributed by atoms with Crippen LogP contribution in [0, 0.1) is 0 Å². The van der Waals surface area contributed by atoms with E-state index in [1.54, 1.807) is 6.26 Å². The predicted octanol–water partition coefficient (Wildman–Crippen LogP) is 3.35. The Morgan fingerprint density at radius 3 is 2.70 bits per heavy atom. The zero-order valence-electron chi connectivity index (χ0n) is 18.5. The quantitative estimate of drug-likeness (QED) is 0.553. The fourth-order valence-corrected chi connectivity index (χ4v) is 5.94. The molecule has 2 aliphatic heterocycles. The van der Waals surface area contributed by atoms with Crippen LogP contribution in [0.1, 0.15) is 54.3 Å². The minimum Gasteiger partial charge on any atom is -0.468 e. The average Bonchev–Trinajstić information content (AvgIpc) is 3.53. The van der Waals surface area contributed by atoms with Gasteiger partial charge in [0.1, 0.15) is 10.7 Å². The molecule has 1 aromatic heterocycles. The second-order valence-electron chi connectivity index (χ2n) is 8.47. The molecule has 0 bridgehead atoms. The lowest BCUT2D eigenvalue weighted by Crippen LogP contribution is -2.40. The molecule has 2 aromatic rings. The normalized spacial score (nSPS) is 20.6. The Labute approximate surface area is 199 Å². The van der Waals surface area contributed by atoms with Gasteiger partial charge in [0.25, 0.3) is 5.91 Å². The number of furan rings is 1. The highest BCUT2D eigenvalue weighted by Crippen LogP contribution is 2.26. The molecule has 33 heavy (non-hydrogen) atoms. The van der Waals surface area contributed by atoms with Crippen LogP contribution >= 0.6 is 11.6 Å². The number of likely N-dealkylation sites (tertiary alicyclic amines) is 1. The van der Waals surface area contributed by atoms with Crippen LogP contribution in [0.25, 0.3) is 0 Å². The Hall–Kier alpha value is -1.91. The zero-order valence-corrected chi connectivity index (χ0v) is 20.0. The maximum Gasteiger partial charge on any atom is 0.251 e. The molecule has 0 aliphatic carbocycles. The Bertz CT molecular complexity index is 1030. The van der Waals surface area contributed by atoms with E-state index in [1.165, 1.54) is 24.6 Å². The van der Waals surface area contributed by atoms with Crippen LogP contribution in [0.5, 0.6) is 0 Å². The van der Waals surface area contributed by atoms with Crippen LogP contribution in [-0.4, -0.2) is 58.1 Å². The molecule has 2 unspecified atom stereocenters. The van der Waals surface area contributed by atoms with Crippen LogP contribution < -0.4 is 10.0 Å². The van der Waals surface area contributed by atoms with Gasteiger partial charge in [-0.15, -0.1) is 0 Å². The fourth-order valence-electron chi connectivity index (χ4n) is 4.35. The molecule has 0 saturated carbocycles. The first-order valence-corrected chi connectivity index (χ1v) is 13.3. The number of carbonyl (C=O) groups is 1. The van der Waals surface area contributed by atoms with E-state index in [-0.39, 0.29) is 40.1 Å². The summed E-state index contributed by atoms with van der Waals surface area (Å²) in [5, 5.41) is 3.00. The second kappa shape index (κ2) is 11.0. The number of hydrogen-bond donors (Lipinski definition) is 2. The van der Waals surface area contributed by atoms with Crippen molar-refractivity contribution in [2.45, 2.75) is 49.1 Å². The predicted molar refractivity (Wildman–Crippen MR) is 125 cm³/mol. The largest absolute Gasteiger partial charge is 0.468 e. The number of nitrogens with one attached hydrogen (secondary N) is 2. The summed E-state index contributed by atoms with van der Waals surface area (Å²) in [6.45, 7) is 3.06. The van der Waals surface area contributed by atoms with Crippen molar-refractivity contribution < 1.29 is 22.4 Å². The summed E-state index contributed by atoms with van der Waals surface area (Å²) in [6, 6.07) is 7.96. The molecule has 1 aromatic carbocycles. The first-order valence-electron chi connectivity index (χ1n) is 11.4. The Morgan fingerprint density at radius 2 is 2.00 bits per heavy atom. The lowest BCUT2D eigenvalue weighted by atomic mass is 10.1. The summed E-state index contributed by atoms with van der Waals surface area (Å²) in [5.41, 5.74) is 0.230. The summed E-state index contributed by atoms with van der Waals surface area (Å²) < 4.78 is 39.3. The monoisotopic (exact) mass is 495 g/mol. The van der Waals surface area contributed by atoms with Gasteiger partial charge in [0.05, 0.1) is 23.4 Å². The molecule has 0 spiro atoms. The van der Waals surface area contributed by atoms with Crippen LogP contribution in [0.4, 0.5) is 0 Å². The summed E-state index contributed by atoms with van der Waals surface area (Å²) in [7, 11) is -3.88. The lowest BCUT2D eigenvalue weighted by Gasteiger charge is -2.33. The van der Waals surface area contributed by atoms with Gasteiger partial charge >= 0.3 is 0 Å². The number of hydrogen-bond acceptors (Lipinski definition) is 6. The molecule has 8 nitrogen and oxygen atoms in total. The maximum atomic E-state index is 12.9. The second-order valence-corrected chi connectivity index (χ2v) is 10.6. The van der Waals surface area contributed by atoms with Gasteiger partial charge in [-0.3, -0.25) is 9.69 Å². The fraction of sp³-hybridized carbons (Fsp3) is 0.522. The van der Waals surface area contributed by atoms with E-state index < -0.39 is 10.0 Å². The SMILES string of the molecule is O=C(NCC(c1ccco1)N1CCCCC1)c1ccc(Cl)c(S(=O)(=O)NCC2CCCO2)c1. The van der Waals surface area contributed by atoms with Crippen LogP contribution in [0.3, 0.4) is 0 Å². The smallest absolute Gasteiger partial charge is 0.251 e. The van der Waals surface area contributed by atoms with E-state index in [1.807, 2.05) is 12.1 Å². The van der Waals surface area contributed by atoms with Gasteiger partial charge in [-0.05, 0) is 69.1 Å². The maximum absolute atomic E-state index is 12.9. The first-order chi connectivity index (χ1) is 15.9. The molecule has 2 atom stereocenters. The molecular formula is C23H30ClN3O5S. The molecule has 2 fully saturated rings. The molecule has 2 aliphatic rings. The van der Waals surface area contributed by atoms with Gasteiger partial charge in [-0.1, -0.05) is 18.0 Å². The van der Waals surface area contributed by atoms with Crippen molar-refractivity contribution in [2.75, 3.05) is 32.8 Å². The van der Waals surface area contributed by atoms with E-state index in [2.05, 4.69) is 14.9 Å².